The summed E-state index contributed by atoms with van der Waals surface area (Å²) in [5.74, 6) is 0.756. The normalized spacial score (nSPS) is 19.5. The monoisotopic (exact) mass is 375 g/mol. The number of fused-ring (bicyclic) bond motifs is 1. The maximum Gasteiger partial charge on any atom is 0.255 e. The van der Waals surface area contributed by atoms with Crippen molar-refractivity contribution in [3.63, 3.8) is 0 Å². The zero-order chi connectivity index (χ0) is 19.7. The molecule has 0 bridgehead atoms. The van der Waals surface area contributed by atoms with Gasteiger partial charge in [-0.25, -0.2) is 0 Å². The SMILES string of the molecule is C=C1CCC[C@H](N2Cc3c(OCc4ccc(C)cc4)cccc3C2=O)C(=O)C1. The van der Waals surface area contributed by atoms with Gasteiger partial charge in [-0.1, -0.05) is 48.0 Å². The maximum atomic E-state index is 13.0. The number of ketones is 1. The molecule has 2 aromatic carbocycles. The minimum absolute atomic E-state index is 0.0679. The first-order valence-corrected chi connectivity index (χ1v) is 9.83. The third-order valence-electron chi connectivity index (χ3n) is 5.65. The summed E-state index contributed by atoms with van der Waals surface area (Å²) in [6, 6.07) is 13.4. The molecule has 4 nitrogen and oxygen atoms in total. The number of aryl methyl sites for hydroxylation is 1. The van der Waals surface area contributed by atoms with Crippen LogP contribution in [0.25, 0.3) is 0 Å². The molecule has 0 spiro atoms. The van der Waals surface area contributed by atoms with Crippen LogP contribution in [0.1, 0.15) is 52.7 Å². The highest BCUT2D eigenvalue weighted by Gasteiger charge is 2.38. The lowest BCUT2D eigenvalue weighted by molar-refractivity contribution is -0.122. The molecule has 0 radical (unpaired) electrons. The van der Waals surface area contributed by atoms with E-state index < -0.39 is 0 Å². The van der Waals surface area contributed by atoms with E-state index in [1.165, 1.54) is 5.56 Å². The fourth-order valence-electron chi connectivity index (χ4n) is 4.05. The van der Waals surface area contributed by atoms with Crippen molar-refractivity contribution in [1.29, 1.82) is 0 Å². The molecule has 144 valence electrons. The largest absolute Gasteiger partial charge is 0.489 e. The predicted molar refractivity (Wildman–Crippen MR) is 108 cm³/mol. The standard InChI is InChI=1S/C24H25NO3/c1-16-9-11-18(12-10-16)15-28-23-8-4-6-19-20(23)14-25(24(19)27)21-7-3-5-17(2)13-22(21)26/h4,6,8-12,21H,2-3,5,7,13-15H2,1H3/t21-/m0/s1. The molecule has 1 aliphatic heterocycles. The molecular weight excluding hydrogens is 350 g/mol. The number of benzene rings is 2. The number of Topliss-reactive ketones (excluding diaryl/α,β-unsaturated/α-hetero) is 1. The van der Waals surface area contributed by atoms with Crippen molar-refractivity contribution in [2.45, 2.75) is 51.8 Å². The summed E-state index contributed by atoms with van der Waals surface area (Å²) in [5, 5.41) is 0. The number of hydrogen-bond donors (Lipinski definition) is 0. The second-order valence-corrected chi connectivity index (χ2v) is 7.79. The van der Waals surface area contributed by atoms with Crippen molar-refractivity contribution in [2.75, 3.05) is 0 Å². The van der Waals surface area contributed by atoms with E-state index in [2.05, 4.69) is 25.6 Å². The van der Waals surface area contributed by atoms with Crippen molar-refractivity contribution in [3.8, 4) is 5.75 Å². The minimum Gasteiger partial charge on any atom is -0.489 e. The Morgan fingerprint density at radius 2 is 1.93 bits per heavy atom. The van der Waals surface area contributed by atoms with Gasteiger partial charge in [-0.05, 0) is 43.9 Å². The summed E-state index contributed by atoms with van der Waals surface area (Å²) < 4.78 is 6.05. The van der Waals surface area contributed by atoms with Crippen LogP contribution in [0.4, 0.5) is 0 Å². The molecule has 0 N–H and O–H groups in total. The van der Waals surface area contributed by atoms with E-state index in [1.54, 1.807) is 4.90 Å². The third kappa shape index (κ3) is 3.59. The van der Waals surface area contributed by atoms with E-state index in [0.29, 0.717) is 31.6 Å². The second-order valence-electron chi connectivity index (χ2n) is 7.79. The summed E-state index contributed by atoms with van der Waals surface area (Å²) in [7, 11) is 0. The molecule has 1 amide bonds. The van der Waals surface area contributed by atoms with E-state index in [-0.39, 0.29) is 17.7 Å². The Morgan fingerprint density at radius 3 is 2.71 bits per heavy atom. The smallest absolute Gasteiger partial charge is 0.255 e. The number of allylic oxidation sites excluding steroid dienone is 1. The number of ether oxygens (including phenoxy) is 1. The lowest BCUT2D eigenvalue weighted by Gasteiger charge is -2.25. The highest BCUT2D eigenvalue weighted by atomic mass is 16.5. The van der Waals surface area contributed by atoms with Crippen LogP contribution < -0.4 is 4.74 Å². The third-order valence-corrected chi connectivity index (χ3v) is 5.65. The Morgan fingerprint density at radius 1 is 1.14 bits per heavy atom. The molecule has 1 aliphatic carbocycles. The van der Waals surface area contributed by atoms with E-state index in [4.69, 9.17) is 4.74 Å². The first kappa shape index (κ1) is 18.5. The Balaban J connectivity index is 1.53. The Labute approximate surface area is 165 Å². The van der Waals surface area contributed by atoms with Gasteiger partial charge in [-0.15, -0.1) is 0 Å². The molecule has 4 rings (SSSR count). The van der Waals surface area contributed by atoms with Crippen molar-refractivity contribution in [1.82, 2.24) is 4.90 Å². The van der Waals surface area contributed by atoms with E-state index in [1.807, 2.05) is 30.3 Å². The van der Waals surface area contributed by atoms with E-state index in [9.17, 15) is 9.59 Å². The molecule has 2 aromatic rings. The van der Waals surface area contributed by atoms with Crippen molar-refractivity contribution >= 4 is 11.7 Å². The van der Waals surface area contributed by atoms with Crippen LogP contribution in [-0.2, 0) is 17.9 Å². The number of carbonyl (C=O) groups excluding carboxylic acids is 2. The van der Waals surface area contributed by atoms with Gasteiger partial charge in [0.25, 0.3) is 5.91 Å². The zero-order valence-corrected chi connectivity index (χ0v) is 16.2. The van der Waals surface area contributed by atoms with Crippen LogP contribution in [0.3, 0.4) is 0 Å². The topological polar surface area (TPSA) is 46.6 Å². The van der Waals surface area contributed by atoms with Crippen molar-refractivity contribution < 1.29 is 14.3 Å². The number of hydrogen-bond acceptors (Lipinski definition) is 3. The van der Waals surface area contributed by atoms with Gasteiger partial charge in [0.2, 0.25) is 0 Å². The summed E-state index contributed by atoms with van der Waals surface area (Å²) >= 11 is 0. The van der Waals surface area contributed by atoms with Gasteiger partial charge in [0, 0.05) is 17.5 Å². The molecule has 0 unspecified atom stereocenters. The van der Waals surface area contributed by atoms with Crippen molar-refractivity contribution in [2.24, 2.45) is 0 Å². The first-order chi connectivity index (χ1) is 13.5. The Bertz CT molecular complexity index is 929. The van der Waals surface area contributed by atoms with Crippen LogP contribution in [0.2, 0.25) is 0 Å². The van der Waals surface area contributed by atoms with Gasteiger partial charge >= 0.3 is 0 Å². The lowest BCUT2D eigenvalue weighted by atomic mass is 10.1. The number of amides is 1. The molecule has 1 atom stereocenters. The van der Waals surface area contributed by atoms with E-state index >= 15 is 0 Å². The number of nitrogens with zero attached hydrogens (tertiary/aromatic N) is 1. The molecule has 28 heavy (non-hydrogen) atoms. The second kappa shape index (κ2) is 7.63. The van der Waals surface area contributed by atoms with Crippen LogP contribution in [0.15, 0.2) is 54.6 Å². The highest BCUT2D eigenvalue weighted by molar-refractivity contribution is 6.02. The van der Waals surface area contributed by atoms with Gasteiger partial charge in [0.15, 0.2) is 5.78 Å². The first-order valence-electron chi connectivity index (χ1n) is 9.83. The molecule has 0 aromatic heterocycles. The average molecular weight is 375 g/mol. The summed E-state index contributed by atoms with van der Waals surface area (Å²) in [6.07, 6.45) is 2.84. The van der Waals surface area contributed by atoms with Gasteiger partial charge in [-0.3, -0.25) is 9.59 Å². The molecule has 4 heteroatoms. The quantitative estimate of drug-likeness (QED) is 0.580. The lowest BCUT2D eigenvalue weighted by Crippen LogP contribution is -2.40. The molecule has 1 fully saturated rings. The fraction of sp³-hybridized carbons (Fsp3) is 0.333. The van der Waals surface area contributed by atoms with Gasteiger partial charge in [0.1, 0.15) is 12.4 Å². The number of carbonyl (C=O) groups is 2. The predicted octanol–water partition coefficient (Wildman–Crippen LogP) is 4.60. The molecule has 2 aliphatic rings. The van der Waals surface area contributed by atoms with Crippen LogP contribution in [0.5, 0.6) is 5.75 Å². The van der Waals surface area contributed by atoms with E-state index in [0.717, 1.165) is 35.3 Å². The zero-order valence-electron chi connectivity index (χ0n) is 16.2. The van der Waals surface area contributed by atoms with Gasteiger partial charge in [-0.2, -0.15) is 0 Å². The molecule has 0 saturated heterocycles. The minimum atomic E-state index is -0.357. The Kier molecular flexibility index (Phi) is 5.03. The van der Waals surface area contributed by atoms with Crippen molar-refractivity contribution in [3.05, 3.63) is 76.9 Å². The summed E-state index contributed by atoms with van der Waals surface area (Å²) in [6.45, 7) is 6.91. The Hall–Kier alpha value is -2.88. The van der Waals surface area contributed by atoms with Gasteiger partial charge in [0.05, 0.1) is 12.6 Å². The summed E-state index contributed by atoms with van der Waals surface area (Å²) in [5.41, 5.74) is 4.80. The van der Waals surface area contributed by atoms with Crippen LogP contribution in [0, 0.1) is 6.92 Å². The average Bonchev–Trinajstić information content (AvgIpc) is 2.91. The molecular formula is C24H25NO3. The molecule has 1 heterocycles. The fourth-order valence-corrected chi connectivity index (χ4v) is 4.05. The number of rotatable bonds is 4. The van der Waals surface area contributed by atoms with Gasteiger partial charge < -0.3 is 9.64 Å². The van der Waals surface area contributed by atoms with Crippen LogP contribution in [-0.4, -0.2) is 22.6 Å². The highest BCUT2D eigenvalue weighted by Crippen LogP contribution is 2.35. The summed E-state index contributed by atoms with van der Waals surface area (Å²) in [4.78, 5) is 27.4. The van der Waals surface area contributed by atoms with Crippen LogP contribution >= 0.6 is 0 Å². The molecule has 1 saturated carbocycles. The maximum absolute atomic E-state index is 13.0.